The number of hydrogen-bond donors (Lipinski definition) is 0. The van der Waals surface area contributed by atoms with Crippen LogP contribution < -0.4 is 0 Å². The van der Waals surface area contributed by atoms with E-state index < -0.39 is 10.0 Å². The van der Waals surface area contributed by atoms with E-state index in [1.54, 1.807) is 16.4 Å². The first-order valence-electron chi connectivity index (χ1n) is 7.24. The van der Waals surface area contributed by atoms with Gasteiger partial charge >= 0.3 is 0 Å². The predicted molar refractivity (Wildman–Crippen MR) is 80.0 cm³/mol. The molecule has 1 aliphatic heterocycles. The van der Waals surface area contributed by atoms with Crippen molar-refractivity contribution in [2.75, 3.05) is 6.54 Å². The number of sulfonamides is 1. The lowest BCUT2D eigenvalue weighted by molar-refractivity contribution is 0.363. The number of aryl methyl sites for hydroxylation is 1. The molecule has 1 aliphatic carbocycles. The molecule has 1 saturated heterocycles. The lowest BCUT2D eigenvalue weighted by Gasteiger charge is -2.29. The topological polar surface area (TPSA) is 37.4 Å². The summed E-state index contributed by atoms with van der Waals surface area (Å²) in [4.78, 5) is 0.417. The molecule has 1 fully saturated rings. The molecule has 0 spiro atoms. The molecule has 0 N–H and O–H groups in total. The maximum absolute atomic E-state index is 12.8. The lowest BCUT2D eigenvalue weighted by atomic mass is 9.87. The van der Waals surface area contributed by atoms with E-state index >= 15 is 0 Å². The van der Waals surface area contributed by atoms with Crippen LogP contribution in [0.25, 0.3) is 0 Å². The Morgan fingerprint density at radius 1 is 1.10 bits per heavy atom. The summed E-state index contributed by atoms with van der Waals surface area (Å²) in [6, 6.07) is 7.23. The molecule has 1 aromatic rings. The molecule has 3 rings (SSSR count). The maximum atomic E-state index is 12.8. The predicted octanol–water partition coefficient (Wildman–Crippen LogP) is 3.11. The Balaban J connectivity index is 1.95. The van der Waals surface area contributed by atoms with Gasteiger partial charge in [0.1, 0.15) is 0 Å². The Morgan fingerprint density at radius 2 is 1.80 bits per heavy atom. The molecular weight excluding hydrogens is 270 g/mol. The molecule has 0 bridgehead atoms. The van der Waals surface area contributed by atoms with Crippen molar-refractivity contribution < 1.29 is 8.42 Å². The first kappa shape index (κ1) is 13.8. The van der Waals surface area contributed by atoms with Crippen LogP contribution >= 0.6 is 0 Å². The minimum atomic E-state index is -3.36. The summed E-state index contributed by atoms with van der Waals surface area (Å²) in [6.07, 6.45) is 5.37. The molecule has 1 aromatic carbocycles. The summed E-state index contributed by atoms with van der Waals surface area (Å²) in [5.74, 6) is 0.499. The number of hydrogen-bond acceptors (Lipinski definition) is 2. The van der Waals surface area contributed by atoms with Gasteiger partial charge in [-0.2, -0.15) is 4.31 Å². The van der Waals surface area contributed by atoms with Gasteiger partial charge in [0.2, 0.25) is 10.0 Å². The zero-order valence-corrected chi connectivity index (χ0v) is 12.9. The Morgan fingerprint density at radius 3 is 2.50 bits per heavy atom. The normalized spacial score (nSPS) is 27.2. The maximum Gasteiger partial charge on any atom is 0.243 e. The minimum Gasteiger partial charge on any atom is -0.207 e. The van der Waals surface area contributed by atoms with Crippen molar-refractivity contribution in [3.63, 3.8) is 0 Å². The van der Waals surface area contributed by atoms with Gasteiger partial charge in [-0.1, -0.05) is 29.3 Å². The van der Waals surface area contributed by atoms with Crippen molar-refractivity contribution in [1.82, 2.24) is 4.31 Å². The highest BCUT2D eigenvalue weighted by Gasteiger charge is 2.41. The molecule has 2 aliphatic rings. The third-order valence-corrected chi connectivity index (χ3v) is 6.44. The quantitative estimate of drug-likeness (QED) is 0.785. The van der Waals surface area contributed by atoms with Crippen LogP contribution in [0.4, 0.5) is 0 Å². The highest BCUT2D eigenvalue weighted by atomic mass is 32.2. The summed E-state index contributed by atoms with van der Waals surface area (Å²) in [6.45, 7) is 4.72. The number of benzene rings is 1. The van der Waals surface area contributed by atoms with Crippen molar-refractivity contribution in [1.29, 1.82) is 0 Å². The second kappa shape index (κ2) is 5.01. The molecule has 0 saturated carbocycles. The van der Waals surface area contributed by atoms with Gasteiger partial charge in [0.25, 0.3) is 0 Å². The monoisotopic (exact) mass is 291 g/mol. The third kappa shape index (κ3) is 2.31. The van der Waals surface area contributed by atoms with Crippen LogP contribution in [0.5, 0.6) is 0 Å². The summed E-state index contributed by atoms with van der Waals surface area (Å²) in [5, 5.41) is 0. The summed E-state index contributed by atoms with van der Waals surface area (Å²) in [7, 11) is -3.36. The van der Waals surface area contributed by atoms with Crippen molar-refractivity contribution in [2.24, 2.45) is 5.92 Å². The van der Waals surface area contributed by atoms with Gasteiger partial charge < -0.3 is 0 Å². The molecule has 1 heterocycles. The van der Waals surface area contributed by atoms with Crippen LogP contribution in [-0.2, 0) is 10.0 Å². The minimum absolute atomic E-state index is 0.0649. The van der Waals surface area contributed by atoms with Gasteiger partial charge in [0, 0.05) is 12.6 Å². The Bertz CT molecular complexity index is 631. The fourth-order valence-corrected chi connectivity index (χ4v) is 4.95. The molecule has 108 valence electrons. The van der Waals surface area contributed by atoms with E-state index in [1.165, 1.54) is 5.57 Å². The molecule has 2 atom stereocenters. The van der Waals surface area contributed by atoms with E-state index in [2.05, 4.69) is 13.0 Å². The van der Waals surface area contributed by atoms with Crippen molar-refractivity contribution in [2.45, 2.75) is 44.0 Å². The fraction of sp³-hybridized carbons (Fsp3) is 0.500. The largest absolute Gasteiger partial charge is 0.243 e. The van der Waals surface area contributed by atoms with Crippen LogP contribution in [-0.4, -0.2) is 25.3 Å². The average molecular weight is 291 g/mol. The molecular formula is C16H21NO2S. The second-order valence-corrected chi connectivity index (χ2v) is 7.91. The standard InChI is InChI=1S/C16H21NO2S/c1-12-4-7-15(8-5-12)20(18,19)17-10-9-14-6-3-13(2)11-16(14)17/h4-5,7-8,11,14,16H,3,6,9-10H2,1-2H3/t14-,16-/m1/s1. The molecule has 3 nitrogen and oxygen atoms in total. The van der Waals surface area contributed by atoms with Gasteiger partial charge in [-0.05, 0) is 51.2 Å². The number of allylic oxidation sites excluding steroid dienone is 1. The Kier molecular flexibility index (Phi) is 3.46. The molecule has 20 heavy (non-hydrogen) atoms. The summed E-state index contributed by atoms with van der Waals surface area (Å²) >= 11 is 0. The van der Waals surface area contributed by atoms with Gasteiger partial charge in [0.05, 0.1) is 4.90 Å². The SMILES string of the molecule is CC1=C[C@@H]2[C@H](CC1)CCN2S(=O)(=O)c1ccc(C)cc1. The second-order valence-electron chi connectivity index (χ2n) is 6.02. The van der Waals surface area contributed by atoms with E-state index in [-0.39, 0.29) is 6.04 Å². The Hall–Kier alpha value is -1.13. The van der Waals surface area contributed by atoms with Crippen LogP contribution in [0.1, 0.15) is 31.7 Å². The summed E-state index contributed by atoms with van der Waals surface area (Å²) in [5.41, 5.74) is 2.40. The molecule has 0 aromatic heterocycles. The van der Waals surface area contributed by atoms with Gasteiger partial charge in [0.15, 0.2) is 0 Å². The van der Waals surface area contributed by atoms with Crippen molar-refractivity contribution in [3.05, 3.63) is 41.5 Å². The number of rotatable bonds is 2. The zero-order chi connectivity index (χ0) is 14.3. The molecule has 0 unspecified atom stereocenters. The fourth-order valence-electron chi connectivity index (χ4n) is 3.30. The van der Waals surface area contributed by atoms with E-state index in [9.17, 15) is 8.42 Å². The first-order valence-corrected chi connectivity index (χ1v) is 8.68. The van der Waals surface area contributed by atoms with E-state index in [0.29, 0.717) is 17.4 Å². The third-order valence-electron chi connectivity index (χ3n) is 4.53. The highest BCUT2D eigenvalue weighted by Crippen LogP contribution is 2.38. The van der Waals surface area contributed by atoms with E-state index in [0.717, 1.165) is 24.8 Å². The number of nitrogens with zero attached hydrogens (tertiary/aromatic N) is 1. The highest BCUT2D eigenvalue weighted by molar-refractivity contribution is 7.89. The van der Waals surface area contributed by atoms with Gasteiger partial charge in [-0.15, -0.1) is 0 Å². The molecule has 0 amide bonds. The van der Waals surface area contributed by atoms with Crippen LogP contribution in [0.3, 0.4) is 0 Å². The lowest BCUT2D eigenvalue weighted by Crippen LogP contribution is -2.37. The summed E-state index contributed by atoms with van der Waals surface area (Å²) < 4.78 is 27.3. The van der Waals surface area contributed by atoms with Gasteiger partial charge in [-0.3, -0.25) is 0 Å². The van der Waals surface area contributed by atoms with Crippen molar-refractivity contribution >= 4 is 10.0 Å². The molecule has 0 radical (unpaired) electrons. The number of fused-ring (bicyclic) bond motifs is 1. The van der Waals surface area contributed by atoms with E-state index in [1.807, 2.05) is 19.1 Å². The van der Waals surface area contributed by atoms with Crippen LogP contribution in [0.2, 0.25) is 0 Å². The average Bonchev–Trinajstić information content (AvgIpc) is 2.82. The molecule has 4 heteroatoms. The Labute approximate surface area is 121 Å². The zero-order valence-electron chi connectivity index (χ0n) is 12.0. The van der Waals surface area contributed by atoms with Gasteiger partial charge in [-0.25, -0.2) is 8.42 Å². The van der Waals surface area contributed by atoms with Crippen molar-refractivity contribution in [3.8, 4) is 0 Å². The first-order chi connectivity index (χ1) is 9.48. The smallest absolute Gasteiger partial charge is 0.207 e. The van der Waals surface area contributed by atoms with Crippen LogP contribution in [0, 0.1) is 12.8 Å². The van der Waals surface area contributed by atoms with Crippen LogP contribution in [0.15, 0.2) is 40.8 Å². The van der Waals surface area contributed by atoms with E-state index in [4.69, 9.17) is 0 Å².